The van der Waals surface area contributed by atoms with Gasteiger partial charge in [0.1, 0.15) is 5.75 Å². The molecule has 0 spiro atoms. The molecule has 1 N–H and O–H groups in total. The molecule has 2 aromatic carbocycles. The maximum atomic E-state index is 12.1. The number of esters is 1. The molecule has 1 heterocycles. The minimum absolute atomic E-state index is 0.0179. The highest BCUT2D eigenvalue weighted by Gasteiger charge is 2.25. The summed E-state index contributed by atoms with van der Waals surface area (Å²) in [6.45, 7) is 3.80. The topological polar surface area (TPSA) is 84.9 Å². The number of fused-ring (bicyclic) bond motifs is 1. The van der Waals surface area contributed by atoms with E-state index in [2.05, 4.69) is 5.32 Å². The van der Waals surface area contributed by atoms with E-state index in [1.807, 2.05) is 44.2 Å². The predicted molar refractivity (Wildman–Crippen MR) is 109 cm³/mol. The summed E-state index contributed by atoms with van der Waals surface area (Å²) < 4.78 is 10.4. The SMILES string of the molecule is CC(C)c1ccccc1NC(=O)COC(=O)CCN1C(=O)COc2ccccc21. The Morgan fingerprint density at radius 3 is 2.66 bits per heavy atom. The Morgan fingerprint density at radius 1 is 1.14 bits per heavy atom. The van der Waals surface area contributed by atoms with E-state index >= 15 is 0 Å². The molecule has 152 valence electrons. The van der Waals surface area contributed by atoms with Gasteiger partial charge in [0.2, 0.25) is 0 Å². The second-order valence-corrected chi connectivity index (χ2v) is 7.00. The molecule has 7 nitrogen and oxygen atoms in total. The molecule has 1 aliphatic heterocycles. The summed E-state index contributed by atoms with van der Waals surface area (Å²) in [6, 6.07) is 14.7. The molecule has 0 unspecified atom stereocenters. The lowest BCUT2D eigenvalue weighted by atomic mass is 10.0. The van der Waals surface area contributed by atoms with Crippen LogP contribution in [0.4, 0.5) is 11.4 Å². The van der Waals surface area contributed by atoms with Gasteiger partial charge in [0, 0.05) is 12.2 Å². The van der Waals surface area contributed by atoms with Gasteiger partial charge >= 0.3 is 5.97 Å². The summed E-state index contributed by atoms with van der Waals surface area (Å²) in [4.78, 5) is 37.8. The van der Waals surface area contributed by atoms with Crippen LogP contribution >= 0.6 is 0 Å². The zero-order valence-corrected chi connectivity index (χ0v) is 16.5. The number of carbonyl (C=O) groups is 3. The molecule has 29 heavy (non-hydrogen) atoms. The van der Waals surface area contributed by atoms with Gasteiger partial charge in [-0.2, -0.15) is 0 Å². The highest BCUT2D eigenvalue weighted by Crippen LogP contribution is 2.31. The molecule has 0 atom stereocenters. The van der Waals surface area contributed by atoms with Gasteiger partial charge in [0.05, 0.1) is 12.1 Å². The van der Waals surface area contributed by atoms with Crippen molar-refractivity contribution < 1.29 is 23.9 Å². The Kier molecular flexibility index (Phi) is 6.49. The summed E-state index contributed by atoms with van der Waals surface area (Å²) in [7, 11) is 0. The molecule has 0 bridgehead atoms. The number of hydrogen-bond donors (Lipinski definition) is 1. The molecule has 2 amide bonds. The lowest BCUT2D eigenvalue weighted by Crippen LogP contribution is -2.40. The molecule has 0 aromatic heterocycles. The number of hydrogen-bond acceptors (Lipinski definition) is 5. The predicted octanol–water partition coefficient (Wildman–Crippen LogP) is 3.11. The second-order valence-electron chi connectivity index (χ2n) is 7.00. The van der Waals surface area contributed by atoms with Crippen molar-refractivity contribution in [2.45, 2.75) is 26.2 Å². The Hall–Kier alpha value is -3.35. The van der Waals surface area contributed by atoms with Crippen molar-refractivity contribution in [1.29, 1.82) is 0 Å². The van der Waals surface area contributed by atoms with Gasteiger partial charge in [-0.15, -0.1) is 0 Å². The summed E-state index contributed by atoms with van der Waals surface area (Å²) in [5.41, 5.74) is 2.34. The van der Waals surface area contributed by atoms with Crippen molar-refractivity contribution in [1.82, 2.24) is 0 Å². The van der Waals surface area contributed by atoms with Crippen LogP contribution in [0.1, 0.15) is 31.7 Å². The van der Waals surface area contributed by atoms with E-state index in [-0.39, 0.29) is 38.0 Å². The zero-order valence-electron chi connectivity index (χ0n) is 16.5. The monoisotopic (exact) mass is 396 g/mol. The van der Waals surface area contributed by atoms with Gasteiger partial charge in [-0.05, 0) is 29.7 Å². The third kappa shape index (κ3) is 5.13. The third-order valence-electron chi connectivity index (χ3n) is 4.57. The molecule has 0 radical (unpaired) electrons. The van der Waals surface area contributed by atoms with Crippen LogP contribution in [0, 0.1) is 0 Å². The summed E-state index contributed by atoms with van der Waals surface area (Å²) >= 11 is 0. The Morgan fingerprint density at radius 2 is 1.86 bits per heavy atom. The average Bonchev–Trinajstić information content (AvgIpc) is 2.71. The van der Waals surface area contributed by atoms with E-state index in [0.717, 1.165) is 5.56 Å². The van der Waals surface area contributed by atoms with Gasteiger partial charge in [-0.1, -0.05) is 44.2 Å². The Labute approximate surface area is 169 Å². The van der Waals surface area contributed by atoms with Crippen LogP contribution in [0.15, 0.2) is 48.5 Å². The smallest absolute Gasteiger partial charge is 0.308 e. The van der Waals surface area contributed by atoms with Gasteiger partial charge in [-0.3, -0.25) is 14.4 Å². The first-order valence-corrected chi connectivity index (χ1v) is 9.52. The summed E-state index contributed by atoms with van der Waals surface area (Å²) in [6.07, 6.45) is -0.0179. The van der Waals surface area contributed by atoms with Crippen LogP contribution in [0.2, 0.25) is 0 Å². The lowest BCUT2D eigenvalue weighted by molar-refractivity contribution is -0.147. The number of anilines is 2. The van der Waals surface area contributed by atoms with Crippen LogP contribution in [-0.4, -0.2) is 37.5 Å². The van der Waals surface area contributed by atoms with Gasteiger partial charge in [0.25, 0.3) is 11.8 Å². The quantitative estimate of drug-likeness (QED) is 0.727. The standard InChI is InChI=1S/C22H24N2O5/c1-15(2)16-7-3-4-8-17(16)23-20(25)13-29-22(27)11-12-24-18-9-5-6-10-19(18)28-14-21(24)26/h3-10,15H,11-14H2,1-2H3,(H,23,25). The van der Waals surface area contributed by atoms with Crippen molar-refractivity contribution in [2.24, 2.45) is 0 Å². The Bertz CT molecular complexity index is 910. The van der Waals surface area contributed by atoms with Gasteiger partial charge in [-0.25, -0.2) is 0 Å². The van der Waals surface area contributed by atoms with E-state index in [9.17, 15) is 14.4 Å². The highest BCUT2D eigenvalue weighted by molar-refractivity contribution is 5.98. The normalized spacial score (nSPS) is 12.9. The molecular formula is C22H24N2O5. The maximum Gasteiger partial charge on any atom is 0.308 e. The molecule has 1 aliphatic rings. The Balaban J connectivity index is 1.49. The second kappa shape index (κ2) is 9.23. The van der Waals surface area contributed by atoms with Crippen molar-refractivity contribution in [3.63, 3.8) is 0 Å². The number of nitrogens with one attached hydrogen (secondary N) is 1. The number of benzene rings is 2. The highest BCUT2D eigenvalue weighted by atomic mass is 16.5. The number of para-hydroxylation sites is 3. The maximum absolute atomic E-state index is 12.1. The molecule has 0 aliphatic carbocycles. The van der Waals surface area contributed by atoms with E-state index < -0.39 is 11.9 Å². The summed E-state index contributed by atoms with van der Waals surface area (Å²) in [5.74, 6) is -0.320. The number of ether oxygens (including phenoxy) is 2. The minimum Gasteiger partial charge on any atom is -0.482 e. The lowest BCUT2D eigenvalue weighted by Gasteiger charge is -2.28. The molecule has 0 saturated heterocycles. The van der Waals surface area contributed by atoms with Crippen LogP contribution in [-0.2, 0) is 19.1 Å². The van der Waals surface area contributed by atoms with E-state index in [1.165, 1.54) is 4.90 Å². The first-order valence-electron chi connectivity index (χ1n) is 9.52. The molecule has 0 fully saturated rings. The minimum atomic E-state index is -0.547. The van der Waals surface area contributed by atoms with Gasteiger partial charge in [0.15, 0.2) is 13.2 Å². The summed E-state index contributed by atoms with van der Waals surface area (Å²) in [5, 5.41) is 2.78. The van der Waals surface area contributed by atoms with Crippen LogP contribution in [0.3, 0.4) is 0 Å². The molecular weight excluding hydrogens is 372 g/mol. The molecule has 7 heteroatoms. The van der Waals surface area contributed by atoms with Crippen molar-refractivity contribution in [3.8, 4) is 5.75 Å². The molecule has 0 saturated carbocycles. The van der Waals surface area contributed by atoms with Crippen LogP contribution in [0.25, 0.3) is 0 Å². The van der Waals surface area contributed by atoms with Gasteiger partial charge < -0.3 is 19.7 Å². The molecule has 2 aromatic rings. The van der Waals surface area contributed by atoms with E-state index in [4.69, 9.17) is 9.47 Å². The van der Waals surface area contributed by atoms with E-state index in [1.54, 1.807) is 18.2 Å². The third-order valence-corrected chi connectivity index (χ3v) is 4.57. The largest absolute Gasteiger partial charge is 0.482 e. The molecule has 3 rings (SSSR count). The number of rotatable bonds is 7. The fourth-order valence-corrected chi connectivity index (χ4v) is 3.12. The average molecular weight is 396 g/mol. The van der Waals surface area contributed by atoms with Crippen molar-refractivity contribution >= 4 is 29.2 Å². The first kappa shape index (κ1) is 20.4. The van der Waals surface area contributed by atoms with Crippen molar-refractivity contribution in [2.75, 3.05) is 30.0 Å². The van der Waals surface area contributed by atoms with Crippen molar-refractivity contribution in [3.05, 3.63) is 54.1 Å². The first-order chi connectivity index (χ1) is 14.0. The number of carbonyl (C=O) groups excluding carboxylic acids is 3. The fraction of sp³-hybridized carbons (Fsp3) is 0.318. The fourth-order valence-electron chi connectivity index (χ4n) is 3.12. The van der Waals surface area contributed by atoms with Crippen LogP contribution < -0.4 is 15.0 Å². The number of amides is 2. The van der Waals surface area contributed by atoms with E-state index in [0.29, 0.717) is 17.1 Å². The zero-order chi connectivity index (χ0) is 20.8. The number of nitrogens with zero attached hydrogens (tertiary/aromatic N) is 1. The van der Waals surface area contributed by atoms with Crippen LogP contribution in [0.5, 0.6) is 5.75 Å².